The first kappa shape index (κ1) is 20.4. The summed E-state index contributed by atoms with van der Waals surface area (Å²) < 4.78 is 12.3. The topological polar surface area (TPSA) is 89.8 Å². The Morgan fingerprint density at radius 1 is 1.19 bits per heavy atom. The van der Waals surface area contributed by atoms with Crippen LogP contribution in [0.1, 0.15) is 32.0 Å². The molecule has 2 N–H and O–H groups in total. The predicted molar refractivity (Wildman–Crippen MR) is 101 cm³/mol. The van der Waals surface area contributed by atoms with Gasteiger partial charge in [-0.1, -0.05) is 12.1 Å². The molecule has 1 unspecified atom stereocenters. The summed E-state index contributed by atoms with van der Waals surface area (Å²) in [6, 6.07) is 10.3. The quantitative estimate of drug-likeness (QED) is 0.777. The lowest BCUT2D eigenvalue weighted by Gasteiger charge is -2.22. The van der Waals surface area contributed by atoms with E-state index >= 15 is 0 Å². The minimum Gasteiger partial charge on any atom is -0.497 e. The van der Waals surface area contributed by atoms with Crippen molar-refractivity contribution in [3.8, 4) is 5.75 Å². The standard InChI is InChI=1S/C20H26N2O5/c1-20(2,3)27-19(25)21-17(18(23)24)12-15-6-5-11-22(15)13-14-7-9-16(26-4)10-8-14/h5-11,17H,12-13H2,1-4H3,(H,21,25)(H,23,24). The molecule has 1 aromatic carbocycles. The van der Waals surface area contributed by atoms with Gasteiger partial charge in [0.15, 0.2) is 0 Å². The zero-order chi connectivity index (χ0) is 20.0. The molecule has 1 amide bonds. The molecule has 146 valence electrons. The van der Waals surface area contributed by atoms with Crippen LogP contribution in [0.25, 0.3) is 0 Å². The fraction of sp³-hybridized carbons (Fsp3) is 0.400. The van der Waals surface area contributed by atoms with E-state index in [2.05, 4.69) is 5.32 Å². The molecule has 7 heteroatoms. The van der Waals surface area contributed by atoms with Gasteiger partial charge in [0.2, 0.25) is 0 Å². The van der Waals surface area contributed by atoms with Crippen molar-refractivity contribution in [1.29, 1.82) is 0 Å². The number of hydrogen-bond donors (Lipinski definition) is 2. The number of benzene rings is 1. The van der Waals surface area contributed by atoms with Gasteiger partial charge in [-0.3, -0.25) is 0 Å². The molecule has 0 aliphatic rings. The van der Waals surface area contributed by atoms with Crippen molar-refractivity contribution in [2.45, 2.75) is 45.4 Å². The Morgan fingerprint density at radius 3 is 2.41 bits per heavy atom. The summed E-state index contributed by atoms with van der Waals surface area (Å²) in [5.74, 6) is -0.336. The van der Waals surface area contributed by atoms with Crippen LogP contribution in [-0.4, -0.2) is 40.5 Å². The highest BCUT2D eigenvalue weighted by Crippen LogP contribution is 2.15. The van der Waals surface area contributed by atoms with Crippen molar-refractivity contribution in [3.05, 3.63) is 53.9 Å². The number of carbonyl (C=O) groups is 2. The van der Waals surface area contributed by atoms with Crippen molar-refractivity contribution >= 4 is 12.1 Å². The molecule has 1 atom stereocenters. The summed E-state index contributed by atoms with van der Waals surface area (Å²) in [7, 11) is 1.61. The summed E-state index contributed by atoms with van der Waals surface area (Å²) >= 11 is 0. The number of hydrogen-bond acceptors (Lipinski definition) is 4. The van der Waals surface area contributed by atoms with Crippen LogP contribution in [0.3, 0.4) is 0 Å². The second-order valence-corrected chi connectivity index (χ2v) is 7.22. The third kappa shape index (κ3) is 6.36. The molecule has 0 saturated heterocycles. The number of aromatic nitrogens is 1. The fourth-order valence-electron chi connectivity index (χ4n) is 2.58. The third-order valence-electron chi connectivity index (χ3n) is 3.84. The van der Waals surface area contributed by atoms with E-state index in [1.54, 1.807) is 27.9 Å². The van der Waals surface area contributed by atoms with Crippen LogP contribution in [0, 0.1) is 0 Å². The van der Waals surface area contributed by atoms with Crippen molar-refractivity contribution in [2.75, 3.05) is 7.11 Å². The van der Waals surface area contributed by atoms with Crippen molar-refractivity contribution in [1.82, 2.24) is 9.88 Å². The molecular weight excluding hydrogens is 348 g/mol. The maximum atomic E-state index is 11.9. The second-order valence-electron chi connectivity index (χ2n) is 7.22. The number of rotatable bonds is 7. The lowest BCUT2D eigenvalue weighted by atomic mass is 10.1. The number of ether oxygens (including phenoxy) is 2. The highest BCUT2D eigenvalue weighted by molar-refractivity contribution is 5.80. The first-order chi connectivity index (χ1) is 12.7. The summed E-state index contributed by atoms with van der Waals surface area (Å²) in [4.78, 5) is 23.5. The van der Waals surface area contributed by atoms with E-state index in [9.17, 15) is 14.7 Å². The molecule has 0 fully saturated rings. The van der Waals surface area contributed by atoms with E-state index in [1.807, 2.05) is 47.2 Å². The molecule has 0 saturated carbocycles. The first-order valence-corrected chi connectivity index (χ1v) is 8.67. The SMILES string of the molecule is COc1ccc(Cn2cccc2CC(NC(=O)OC(C)(C)C)C(=O)O)cc1. The van der Waals surface area contributed by atoms with Crippen LogP contribution in [0.15, 0.2) is 42.6 Å². The van der Waals surface area contributed by atoms with Gasteiger partial charge in [0.25, 0.3) is 0 Å². The average molecular weight is 374 g/mol. The van der Waals surface area contributed by atoms with Gasteiger partial charge < -0.3 is 24.5 Å². The predicted octanol–water partition coefficient (Wildman–Crippen LogP) is 3.07. The highest BCUT2D eigenvalue weighted by atomic mass is 16.6. The summed E-state index contributed by atoms with van der Waals surface area (Å²) in [5.41, 5.74) is 1.16. The number of alkyl carbamates (subject to hydrolysis) is 1. The Bertz CT molecular complexity index is 774. The fourth-order valence-corrected chi connectivity index (χ4v) is 2.58. The Hall–Kier alpha value is -2.96. The number of carboxylic acids is 1. The number of aliphatic carboxylic acids is 1. The largest absolute Gasteiger partial charge is 0.497 e. The maximum absolute atomic E-state index is 11.9. The molecule has 0 aliphatic heterocycles. The molecule has 1 heterocycles. The summed E-state index contributed by atoms with van der Waals surface area (Å²) in [6.07, 6.45) is 1.28. The number of carbonyl (C=O) groups excluding carboxylic acids is 1. The van der Waals surface area contributed by atoms with Gasteiger partial charge in [0.05, 0.1) is 7.11 Å². The van der Waals surface area contributed by atoms with Crippen LogP contribution in [0.2, 0.25) is 0 Å². The molecule has 2 rings (SSSR count). The van der Waals surface area contributed by atoms with Crippen molar-refractivity contribution in [2.24, 2.45) is 0 Å². The number of carboxylic acid groups (broad SMARTS) is 1. The Morgan fingerprint density at radius 2 is 1.85 bits per heavy atom. The van der Waals surface area contributed by atoms with Crippen LogP contribution in [0.4, 0.5) is 4.79 Å². The van der Waals surface area contributed by atoms with Crippen LogP contribution in [0.5, 0.6) is 5.75 Å². The molecule has 0 radical (unpaired) electrons. The van der Waals surface area contributed by atoms with Crippen molar-refractivity contribution in [3.63, 3.8) is 0 Å². The number of nitrogens with zero attached hydrogens (tertiary/aromatic N) is 1. The molecule has 0 bridgehead atoms. The molecule has 7 nitrogen and oxygen atoms in total. The van der Waals surface area contributed by atoms with E-state index < -0.39 is 23.7 Å². The average Bonchev–Trinajstić information content (AvgIpc) is 3.00. The van der Waals surface area contributed by atoms with E-state index in [4.69, 9.17) is 9.47 Å². The van der Waals surface area contributed by atoms with E-state index in [1.165, 1.54) is 0 Å². The number of nitrogens with one attached hydrogen (secondary N) is 1. The normalized spacial score (nSPS) is 12.3. The molecular formula is C20H26N2O5. The lowest BCUT2D eigenvalue weighted by Crippen LogP contribution is -2.45. The first-order valence-electron chi connectivity index (χ1n) is 8.67. The molecule has 0 spiro atoms. The molecule has 2 aromatic rings. The lowest BCUT2D eigenvalue weighted by molar-refractivity contribution is -0.139. The van der Waals surface area contributed by atoms with Gasteiger partial charge in [-0.25, -0.2) is 9.59 Å². The smallest absolute Gasteiger partial charge is 0.408 e. The maximum Gasteiger partial charge on any atom is 0.408 e. The summed E-state index contributed by atoms with van der Waals surface area (Å²) in [5, 5.41) is 11.9. The van der Waals surface area contributed by atoms with Gasteiger partial charge in [-0.05, 0) is 50.6 Å². The highest BCUT2D eigenvalue weighted by Gasteiger charge is 2.25. The molecule has 0 aliphatic carbocycles. The van der Waals surface area contributed by atoms with Gasteiger partial charge in [-0.2, -0.15) is 0 Å². The van der Waals surface area contributed by atoms with Crippen LogP contribution >= 0.6 is 0 Å². The minimum absolute atomic E-state index is 0.151. The minimum atomic E-state index is -1.11. The zero-order valence-electron chi connectivity index (χ0n) is 16.1. The Balaban J connectivity index is 2.07. The van der Waals surface area contributed by atoms with Gasteiger partial charge in [-0.15, -0.1) is 0 Å². The van der Waals surface area contributed by atoms with Crippen LogP contribution < -0.4 is 10.1 Å². The number of amides is 1. The van der Waals surface area contributed by atoms with Gasteiger partial charge >= 0.3 is 12.1 Å². The summed E-state index contributed by atoms with van der Waals surface area (Å²) in [6.45, 7) is 5.76. The monoisotopic (exact) mass is 374 g/mol. The van der Waals surface area contributed by atoms with Gasteiger partial charge in [0.1, 0.15) is 17.4 Å². The van der Waals surface area contributed by atoms with Gasteiger partial charge in [0, 0.05) is 24.9 Å². The van der Waals surface area contributed by atoms with E-state index in [0.717, 1.165) is 17.0 Å². The Kier molecular flexibility index (Phi) is 6.50. The zero-order valence-corrected chi connectivity index (χ0v) is 16.1. The van der Waals surface area contributed by atoms with Crippen molar-refractivity contribution < 1.29 is 24.2 Å². The van der Waals surface area contributed by atoms with E-state index in [0.29, 0.717) is 6.54 Å². The van der Waals surface area contributed by atoms with E-state index in [-0.39, 0.29) is 6.42 Å². The Labute approximate surface area is 158 Å². The third-order valence-corrected chi connectivity index (χ3v) is 3.84. The van der Waals surface area contributed by atoms with Crippen LogP contribution in [-0.2, 0) is 22.5 Å². The molecule has 1 aromatic heterocycles. The second kappa shape index (κ2) is 8.62. The molecule has 27 heavy (non-hydrogen) atoms. The number of methoxy groups -OCH3 is 1.